The van der Waals surface area contributed by atoms with E-state index in [0.29, 0.717) is 11.3 Å². The van der Waals surface area contributed by atoms with E-state index < -0.39 is 0 Å². The van der Waals surface area contributed by atoms with Crippen LogP contribution >= 0.6 is 11.6 Å². The van der Waals surface area contributed by atoms with Gasteiger partial charge in [-0.2, -0.15) is 5.26 Å². The molecule has 4 heteroatoms. The standard InChI is InChI=1S/C17H10ClN3/c18-17-20-15(13-6-2-1-3-7-13)10-16(21-17)14-8-4-5-12(9-14)11-19/h1-10H. The van der Waals surface area contributed by atoms with Gasteiger partial charge in [-0.05, 0) is 29.8 Å². The lowest BCUT2D eigenvalue weighted by Crippen LogP contribution is -1.92. The molecule has 3 nitrogen and oxygen atoms in total. The molecule has 0 radical (unpaired) electrons. The van der Waals surface area contributed by atoms with E-state index in [1.807, 2.05) is 48.5 Å². The van der Waals surface area contributed by atoms with Crippen molar-refractivity contribution in [3.63, 3.8) is 0 Å². The van der Waals surface area contributed by atoms with Crippen molar-refractivity contribution in [2.75, 3.05) is 0 Å². The molecule has 1 aromatic heterocycles. The lowest BCUT2D eigenvalue weighted by Gasteiger charge is -2.06. The van der Waals surface area contributed by atoms with Gasteiger partial charge in [-0.3, -0.25) is 0 Å². The molecule has 3 rings (SSSR count). The molecule has 1 heterocycles. The maximum Gasteiger partial charge on any atom is 0.223 e. The first-order chi connectivity index (χ1) is 10.3. The van der Waals surface area contributed by atoms with Crippen molar-refractivity contribution in [1.82, 2.24) is 9.97 Å². The van der Waals surface area contributed by atoms with Crippen LogP contribution in [-0.4, -0.2) is 9.97 Å². The molecule has 0 saturated carbocycles. The average molecular weight is 292 g/mol. The molecular weight excluding hydrogens is 282 g/mol. The first kappa shape index (κ1) is 13.3. The Morgan fingerprint density at radius 1 is 0.810 bits per heavy atom. The predicted octanol–water partition coefficient (Wildman–Crippen LogP) is 4.34. The third kappa shape index (κ3) is 2.91. The van der Waals surface area contributed by atoms with Crippen LogP contribution in [0.2, 0.25) is 5.28 Å². The van der Waals surface area contributed by atoms with E-state index in [1.165, 1.54) is 0 Å². The Hall–Kier alpha value is -2.70. The monoisotopic (exact) mass is 291 g/mol. The third-order valence-corrected chi connectivity index (χ3v) is 3.22. The van der Waals surface area contributed by atoms with Crippen LogP contribution < -0.4 is 0 Å². The zero-order chi connectivity index (χ0) is 14.7. The minimum Gasteiger partial charge on any atom is -0.218 e. The van der Waals surface area contributed by atoms with Crippen molar-refractivity contribution < 1.29 is 0 Å². The van der Waals surface area contributed by atoms with Crippen molar-refractivity contribution in [3.8, 4) is 28.6 Å². The minimum atomic E-state index is 0.189. The number of hydrogen-bond donors (Lipinski definition) is 0. The van der Waals surface area contributed by atoms with Crippen LogP contribution in [0.4, 0.5) is 0 Å². The van der Waals surface area contributed by atoms with Gasteiger partial charge in [-0.15, -0.1) is 0 Å². The van der Waals surface area contributed by atoms with Crippen LogP contribution in [0.25, 0.3) is 22.5 Å². The first-order valence-corrected chi connectivity index (χ1v) is 6.74. The van der Waals surface area contributed by atoms with Gasteiger partial charge in [0.15, 0.2) is 0 Å². The fourth-order valence-electron chi connectivity index (χ4n) is 2.07. The van der Waals surface area contributed by atoms with Crippen molar-refractivity contribution in [2.24, 2.45) is 0 Å². The fourth-order valence-corrected chi connectivity index (χ4v) is 2.25. The van der Waals surface area contributed by atoms with E-state index >= 15 is 0 Å². The summed E-state index contributed by atoms with van der Waals surface area (Å²) < 4.78 is 0. The van der Waals surface area contributed by atoms with Gasteiger partial charge >= 0.3 is 0 Å². The summed E-state index contributed by atoms with van der Waals surface area (Å²) >= 11 is 6.04. The first-order valence-electron chi connectivity index (χ1n) is 6.37. The van der Waals surface area contributed by atoms with Gasteiger partial charge in [0.2, 0.25) is 5.28 Å². The molecule has 0 atom stereocenters. The Bertz CT molecular complexity index is 823. The summed E-state index contributed by atoms with van der Waals surface area (Å²) in [7, 11) is 0. The topological polar surface area (TPSA) is 49.6 Å². The molecule has 0 aliphatic heterocycles. The Labute approximate surface area is 127 Å². The van der Waals surface area contributed by atoms with E-state index in [1.54, 1.807) is 12.1 Å². The summed E-state index contributed by atoms with van der Waals surface area (Å²) in [5.74, 6) is 0. The second kappa shape index (κ2) is 5.74. The number of aromatic nitrogens is 2. The van der Waals surface area contributed by atoms with E-state index in [0.717, 1.165) is 16.8 Å². The Morgan fingerprint density at radius 3 is 2.19 bits per heavy atom. The lowest BCUT2D eigenvalue weighted by atomic mass is 10.1. The molecule has 3 aromatic rings. The smallest absolute Gasteiger partial charge is 0.218 e. The largest absolute Gasteiger partial charge is 0.223 e. The van der Waals surface area contributed by atoms with Crippen LogP contribution in [0.3, 0.4) is 0 Å². The highest BCUT2D eigenvalue weighted by molar-refractivity contribution is 6.28. The van der Waals surface area contributed by atoms with Crippen molar-refractivity contribution >= 4 is 11.6 Å². The SMILES string of the molecule is N#Cc1cccc(-c2cc(-c3ccccc3)nc(Cl)n2)c1. The van der Waals surface area contributed by atoms with Gasteiger partial charge in [0, 0.05) is 11.1 Å². The number of rotatable bonds is 2. The molecule has 0 spiro atoms. The number of benzene rings is 2. The summed E-state index contributed by atoms with van der Waals surface area (Å²) in [6.07, 6.45) is 0. The van der Waals surface area contributed by atoms with E-state index in [-0.39, 0.29) is 5.28 Å². The molecule has 0 amide bonds. The molecule has 0 aliphatic carbocycles. The molecule has 0 N–H and O–H groups in total. The van der Waals surface area contributed by atoms with Crippen molar-refractivity contribution in [2.45, 2.75) is 0 Å². The quantitative estimate of drug-likeness (QED) is 0.660. The second-order valence-corrected chi connectivity index (χ2v) is 4.80. The van der Waals surface area contributed by atoms with Gasteiger partial charge in [0.1, 0.15) is 0 Å². The highest BCUT2D eigenvalue weighted by Gasteiger charge is 2.07. The molecule has 0 saturated heterocycles. The summed E-state index contributed by atoms with van der Waals surface area (Å²) in [4.78, 5) is 8.51. The number of nitriles is 1. The minimum absolute atomic E-state index is 0.189. The molecule has 21 heavy (non-hydrogen) atoms. The molecule has 0 unspecified atom stereocenters. The highest BCUT2D eigenvalue weighted by Crippen LogP contribution is 2.25. The highest BCUT2D eigenvalue weighted by atomic mass is 35.5. The Morgan fingerprint density at radius 2 is 1.48 bits per heavy atom. The second-order valence-electron chi connectivity index (χ2n) is 4.47. The van der Waals surface area contributed by atoms with Crippen molar-refractivity contribution in [1.29, 1.82) is 5.26 Å². The van der Waals surface area contributed by atoms with Crippen LogP contribution in [0.1, 0.15) is 5.56 Å². The Kier molecular flexibility index (Phi) is 3.63. The lowest BCUT2D eigenvalue weighted by molar-refractivity contribution is 1.18. The zero-order valence-electron chi connectivity index (χ0n) is 11.0. The van der Waals surface area contributed by atoms with Gasteiger partial charge < -0.3 is 0 Å². The summed E-state index contributed by atoms with van der Waals surface area (Å²) in [6.45, 7) is 0. The summed E-state index contributed by atoms with van der Waals surface area (Å²) in [5, 5.41) is 9.18. The van der Waals surface area contributed by atoms with E-state index in [9.17, 15) is 0 Å². The van der Waals surface area contributed by atoms with Crippen molar-refractivity contribution in [3.05, 3.63) is 71.5 Å². The molecule has 0 fully saturated rings. The molecule has 100 valence electrons. The number of nitrogens with zero attached hydrogens (tertiary/aromatic N) is 3. The third-order valence-electron chi connectivity index (χ3n) is 3.06. The van der Waals surface area contributed by atoms with Gasteiger partial charge in [-0.25, -0.2) is 9.97 Å². The average Bonchev–Trinajstić information content (AvgIpc) is 2.55. The molecular formula is C17H10ClN3. The van der Waals surface area contributed by atoms with Gasteiger partial charge in [0.05, 0.1) is 23.0 Å². The van der Waals surface area contributed by atoms with E-state index in [2.05, 4.69) is 16.0 Å². The van der Waals surface area contributed by atoms with Crippen LogP contribution in [0.5, 0.6) is 0 Å². The number of hydrogen-bond acceptors (Lipinski definition) is 3. The normalized spacial score (nSPS) is 10.1. The van der Waals surface area contributed by atoms with Crippen LogP contribution in [-0.2, 0) is 0 Å². The molecule has 0 aliphatic rings. The predicted molar refractivity (Wildman–Crippen MR) is 82.6 cm³/mol. The molecule has 0 bridgehead atoms. The Balaban J connectivity index is 2.12. The van der Waals surface area contributed by atoms with E-state index in [4.69, 9.17) is 16.9 Å². The summed E-state index contributed by atoms with van der Waals surface area (Å²) in [5.41, 5.74) is 3.86. The fraction of sp³-hybridized carbons (Fsp3) is 0. The number of halogens is 1. The van der Waals surface area contributed by atoms with Gasteiger partial charge in [-0.1, -0.05) is 42.5 Å². The zero-order valence-corrected chi connectivity index (χ0v) is 11.7. The van der Waals surface area contributed by atoms with Crippen LogP contribution in [0, 0.1) is 11.3 Å². The maximum absolute atomic E-state index is 8.99. The molecule has 2 aromatic carbocycles. The van der Waals surface area contributed by atoms with Crippen LogP contribution in [0.15, 0.2) is 60.7 Å². The van der Waals surface area contributed by atoms with Gasteiger partial charge in [0.25, 0.3) is 0 Å². The summed E-state index contributed by atoms with van der Waals surface area (Å²) in [6, 6.07) is 21.0. The maximum atomic E-state index is 8.99.